The maximum Gasteiger partial charge on any atom is 0.292 e. The Labute approximate surface area is 116 Å². The zero-order valence-electron chi connectivity index (χ0n) is 10.9. The van der Waals surface area contributed by atoms with Crippen molar-refractivity contribution in [3.63, 3.8) is 0 Å². The Kier molecular flexibility index (Phi) is 4.34. The van der Waals surface area contributed by atoms with Gasteiger partial charge in [-0.1, -0.05) is 18.2 Å². The maximum atomic E-state index is 11.1. The van der Waals surface area contributed by atoms with E-state index < -0.39 is 4.92 Å². The monoisotopic (exact) mass is 270 g/mol. The van der Waals surface area contributed by atoms with E-state index in [1.807, 2.05) is 30.3 Å². The fourth-order valence-electron chi connectivity index (χ4n) is 1.69. The highest BCUT2D eigenvalue weighted by Crippen LogP contribution is 2.19. The number of anilines is 1. The van der Waals surface area contributed by atoms with Gasteiger partial charge in [0.15, 0.2) is 0 Å². The highest BCUT2D eigenvalue weighted by molar-refractivity contribution is 5.62. The molecule has 0 radical (unpaired) electrons. The van der Waals surface area contributed by atoms with Gasteiger partial charge in [-0.2, -0.15) is 0 Å². The van der Waals surface area contributed by atoms with E-state index in [0.717, 1.165) is 5.69 Å². The molecule has 2 aromatic rings. The SMILES string of the molecule is COc1ccc(/C(=C/Nc2ccccc2)[N+](=O)[O-])cc1. The molecule has 0 spiro atoms. The van der Waals surface area contributed by atoms with Crippen LogP contribution in [-0.4, -0.2) is 12.0 Å². The van der Waals surface area contributed by atoms with E-state index in [9.17, 15) is 10.1 Å². The minimum Gasteiger partial charge on any atom is -0.497 e. The molecule has 20 heavy (non-hydrogen) atoms. The number of ether oxygens (including phenoxy) is 1. The summed E-state index contributed by atoms with van der Waals surface area (Å²) in [6.45, 7) is 0. The second-order valence-corrected chi connectivity index (χ2v) is 4.03. The summed E-state index contributed by atoms with van der Waals surface area (Å²) in [5.74, 6) is 0.660. The van der Waals surface area contributed by atoms with Crippen molar-refractivity contribution in [2.75, 3.05) is 12.4 Å². The normalized spacial score (nSPS) is 10.9. The highest BCUT2D eigenvalue weighted by atomic mass is 16.6. The summed E-state index contributed by atoms with van der Waals surface area (Å²) in [5.41, 5.74) is 1.30. The molecule has 0 fully saturated rings. The zero-order chi connectivity index (χ0) is 14.4. The van der Waals surface area contributed by atoms with Crippen LogP contribution in [0, 0.1) is 10.1 Å². The minimum atomic E-state index is -0.419. The number of hydrogen-bond acceptors (Lipinski definition) is 4. The third-order valence-corrected chi connectivity index (χ3v) is 2.73. The number of rotatable bonds is 5. The molecule has 0 aliphatic rings. The molecule has 0 aliphatic carbocycles. The van der Waals surface area contributed by atoms with Crippen LogP contribution in [0.3, 0.4) is 0 Å². The van der Waals surface area contributed by atoms with Gasteiger partial charge >= 0.3 is 0 Å². The Balaban J connectivity index is 2.24. The van der Waals surface area contributed by atoms with Gasteiger partial charge in [0.25, 0.3) is 5.70 Å². The third-order valence-electron chi connectivity index (χ3n) is 2.73. The number of nitrogens with one attached hydrogen (secondary N) is 1. The van der Waals surface area contributed by atoms with E-state index in [1.165, 1.54) is 6.20 Å². The molecule has 0 aromatic heterocycles. The molecular formula is C15H14N2O3. The lowest BCUT2D eigenvalue weighted by molar-refractivity contribution is -0.375. The maximum absolute atomic E-state index is 11.1. The van der Waals surface area contributed by atoms with Crippen molar-refractivity contribution in [2.45, 2.75) is 0 Å². The van der Waals surface area contributed by atoms with E-state index in [-0.39, 0.29) is 5.70 Å². The summed E-state index contributed by atoms with van der Waals surface area (Å²) < 4.78 is 5.03. The predicted octanol–water partition coefficient (Wildman–Crippen LogP) is 3.38. The Hall–Kier alpha value is -2.82. The van der Waals surface area contributed by atoms with E-state index >= 15 is 0 Å². The van der Waals surface area contributed by atoms with Crippen LogP contribution in [0.1, 0.15) is 5.56 Å². The van der Waals surface area contributed by atoms with Gasteiger partial charge in [-0.3, -0.25) is 10.1 Å². The first-order chi connectivity index (χ1) is 9.70. The van der Waals surface area contributed by atoms with E-state index in [1.54, 1.807) is 31.4 Å². The molecule has 1 N–H and O–H groups in total. The van der Waals surface area contributed by atoms with Crippen LogP contribution in [0.2, 0.25) is 0 Å². The summed E-state index contributed by atoms with van der Waals surface area (Å²) in [6, 6.07) is 16.0. The first-order valence-corrected chi connectivity index (χ1v) is 6.01. The van der Waals surface area contributed by atoms with Crippen LogP contribution < -0.4 is 10.1 Å². The average Bonchev–Trinajstić information content (AvgIpc) is 2.49. The number of methoxy groups -OCH3 is 1. The summed E-state index contributed by atoms with van der Waals surface area (Å²) in [6.07, 6.45) is 1.39. The second kappa shape index (κ2) is 6.38. The highest BCUT2D eigenvalue weighted by Gasteiger charge is 2.13. The molecule has 0 bridgehead atoms. The Bertz CT molecular complexity index is 607. The van der Waals surface area contributed by atoms with Gasteiger partial charge in [0.2, 0.25) is 0 Å². The largest absolute Gasteiger partial charge is 0.497 e. The number of nitrogens with zero attached hydrogens (tertiary/aromatic N) is 1. The number of nitro groups is 1. The van der Waals surface area contributed by atoms with E-state index in [4.69, 9.17) is 4.74 Å². The number of hydrogen-bond donors (Lipinski definition) is 1. The third kappa shape index (κ3) is 3.35. The lowest BCUT2D eigenvalue weighted by atomic mass is 10.1. The van der Waals surface area contributed by atoms with Crippen LogP contribution in [-0.2, 0) is 0 Å². The predicted molar refractivity (Wildman–Crippen MR) is 78.0 cm³/mol. The number of benzene rings is 2. The lowest BCUT2D eigenvalue weighted by Crippen LogP contribution is -2.01. The first kappa shape index (κ1) is 13.6. The van der Waals surface area contributed by atoms with Crippen molar-refractivity contribution in [3.8, 4) is 5.75 Å². The fraction of sp³-hybridized carbons (Fsp3) is 0.0667. The van der Waals surface area contributed by atoms with Gasteiger partial charge in [0, 0.05) is 5.69 Å². The van der Waals surface area contributed by atoms with Gasteiger partial charge in [0.1, 0.15) is 5.75 Å². The standard InChI is InChI=1S/C15H14N2O3/c1-20-14-9-7-12(8-10-14)15(17(18)19)11-16-13-5-3-2-4-6-13/h2-11,16H,1H3/b15-11-. The Morgan fingerprint density at radius 3 is 2.35 bits per heavy atom. The molecule has 2 rings (SSSR count). The van der Waals surface area contributed by atoms with E-state index in [0.29, 0.717) is 11.3 Å². The van der Waals surface area contributed by atoms with Crippen molar-refractivity contribution < 1.29 is 9.66 Å². The molecule has 0 amide bonds. The van der Waals surface area contributed by atoms with Gasteiger partial charge in [-0.05, 0) is 36.4 Å². The summed E-state index contributed by atoms with van der Waals surface area (Å²) in [5, 5.41) is 14.1. The molecular weight excluding hydrogens is 256 g/mol. The summed E-state index contributed by atoms with van der Waals surface area (Å²) >= 11 is 0. The van der Waals surface area contributed by atoms with Crippen molar-refractivity contribution in [1.82, 2.24) is 0 Å². The number of para-hydroxylation sites is 1. The lowest BCUT2D eigenvalue weighted by Gasteiger charge is -2.03. The molecule has 0 aliphatic heterocycles. The van der Waals surface area contributed by atoms with Gasteiger partial charge < -0.3 is 10.1 Å². The molecule has 0 atom stereocenters. The molecule has 0 saturated heterocycles. The van der Waals surface area contributed by atoms with Crippen LogP contribution in [0.5, 0.6) is 5.75 Å². The van der Waals surface area contributed by atoms with Crippen molar-refractivity contribution in [1.29, 1.82) is 0 Å². The van der Waals surface area contributed by atoms with Crippen LogP contribution in [0.4, 0.5) is 5.69 Å². The van der Waals surface area contributed by atoms with Crippen molar-refractivity contribution >= 4 is 11.4 Å². The summed E-state index contributed by atoms with van der Waals surface area (Å²) in [7, 11) is 1.55. The Morgan fingerprint density at radius 1 is 1.15 bits per heavy atom. The molecule has 0 heterocycles. The zero-order valence-corrected chi connectivity index (χ0v) is 10.9. The first-order valence-electron chi connectivity index (χ1n) is 6.01. The van der Waals surface area contributed by atoms with Gasteiger partial charge in [-0.15, -0.1) is 0 Å². The van der Waals surface area contributed by atoms with Crippen LogP contribution >= 0.6 is 0 Å². The summed E-state index contributed by atoms with van der Waals surface area (Å²) in [4.78, 5) is 10.7. The topological polar surface area (TPSA) is 64.4 Å². The molecule has 5 nitrogen and oxygen atoms in total. The second-order valence-electron chi connectivity index (χ2n) is 4.03. The van der Waals surface area contributed by atoms with Crippen LogP contribution in [0.15, 0.2) is 60.8 Å². The molecule has 2 aromatic carbocycles. The van der Waals surface area contributed by atoms with Crippen molar-refractivity contribution in [3.05, 3.63) is 76.5 Å². The Morgan fingerprint density at radius 2 is 1.80 bits per heavy atom. The van der Waals surface area contributed by atoms with Crippen molar-refractivity contribution in [2.24, 2.45) is 0 Å². The minimum absolute atomic E-state index is 0.00324. The fourth-order valence-corrected chi connectivity index (χ4v) is 1.69. The molecule has 5 heteroatoms. The van der Waals surface area contributed by atoms with Crippen LogP contribution in [0.25, 0.3) is 5.70 Å². The van der Waals surface area contributed by atoms with E-state index in [2.05, 4.69) is 5.32 Å². The molecule has 102 valence electrons. The molecule has 0 saturated carbocycles. The van der Waals surface area contributed by atoms with Gasteiger partial charge in [0.05, 0.1) is 23.8 Å². The van der Waals surface area contributed by atoms with Gasteiger partial charge in [-0.25, -0.2) is 0 Å². The quantitative estimate of drug-likeness (QED) is 0.668. The molecule has 0 unspecified atom stereocenters. The average molecular weight is 270 g/mol. The smallest absolute Gasteiger partial charge is 0.292 e.